The van der Waals surface area contributed by atoms with Gasteiger partial charge in [0.2, 0.25) is 5.91 Å². The first kappa shape index (κ1) is 15.8. The molecule has 0 radical (unpaired) electrons. The Balaban J connectivity index is 1.93. The third-order valence-electron chi connectivity index (χ3n) is 4.23. The topological polar surface area (TPSA) is 95.6 Å². The second-order valence-corrected chi connectivity index (χ2v) is 5.97. The predicted octanol–water partition coefficient (Wildman–Crippen LogP) is 1.07. The quantitative estimate of drug-likeness (QED) is 0.653. The molecule has 5 N–H and O–H groups in total. The summed E-state index contributed by atoms with van der Waals surface area (Å²) in [4.78, 5) is 12.3. The van der Waals surface area contributed by atoms with E-state index in [0.29, 0.717) is 6.42 Å². The van der Waals surface area contributed by atoms with E-state index in [1.54, 1.807) is 24.3 Å². The lowest BCUT2D eigenvalue weighted by atomic mass is 9.82. The number of carbonyl (C=O) groups is 1. The van der Waals surface area contributed by atoms with Crippen molar-refractivity contribution in [3.63, 3.8) is 0 Å². The van der Waals surface area contributed by atoms with Crippen LogP contribution in [0, 0.1) is 0 Å². The number of aromatic hydroxyl groups is 1. The molecule has 5 heteroatoms. The van der Waals surface area contributed by atoms with Gasteiger partial charge in [-0.25, -0.2) is 0 Å². The van der Waals surface area contributed by atoms with Crippen LogP contribution in [-0.2, 0) is 11.2 Å². The first-order valence-corrected chi connectivity index (χ1v) is 7.51. The number of phenols is 1. The molecular formula is C16H24N2O3. The normalized spacial score (nSPS) is 19.0. The number of phenolic OH excluding ortho intramolecular Hbond substituents is 1. The average Bonchev–Trinajstić information content (AvgIpc) is 2.50. The zero-order chi connectivity index (χ0) is 15.3. The molecule has 21 heavy (non-hydrogen) atoms. The van der Waals surface area contributed by atoms with Crippen molar-refractivity contribution >= 4 is 5.91 Å². The summed E-state index contributed by atoms with van der Waals surface area (Å²) >= 11 is 0. The molecule has 0 aliphatic heterocycles. The van der Waals surface area contributed by atoms with Gasteiger partial charge < -0.3 is 21.3 Å². The van der Waals surface area contributed by atoms with Gasteiger partial charge in [-0.1, -0.05) is 31.4 Å². The van der Waals surface area contributed by atoms with Gasteiger partial charge in [0.1, 0.15) is 5.75 Å². The maximum absolute atomic E-state index is 12.3. The molecule has 2 rings (SSSR count). The fraction of sp³-hybridized carbons (Fsp3) is 0.562. The number of aliphatic hydroxyl groups excluding tert-OH is 1. The number of aliphatic hydroxyl groups is 1. The van der Waals surface area contributed by atoms with Gasteiger partial charge in [0.05, 0.1) is 18.2 Å². The maximum Gasteiger partial charge on any atom is 0.237 e. The molecule has 5 nitrogen and oxygen atoms in total. The van der Waals surface area contributed by atoms with Crippen molar-refractivity contribution in [2.45, 2.75) is 50.1 Å². The summed E-state index contributed by atoms with van der Waals surface area (Å²) in [6, 6.07) is 6.02. The van der Waals surface area contributed by atoms with Gasteiger partial charge >= 0.3 is 0 Å². The molecule has 1 aliphatic carbocycles. The van der Waals surface area contributed by atoms with Crippen LogP contribution >= 0.6 is 0 Å². The van der Waals surface area contributed by atoms with E-state index in [9.17, 15) is 15.0 Å². The van der Waals surface area contributed by atoms with Crippen LogP contribution in [-0.4, -0.2) is 34.3 Å². The lowest BCUT2D eigenvalue weighted by Crippen LogP contribution is -2.57. The van der Waals surface area contributed by atoms with Gasteiger partial charge in [-0.05, 0) is 37.0 Å². The van der Waals surface area contributed by atoms with Gasteiger partial charge in [0, 0.05) is 0 Å². The number of carbonyl (C=O) groups excluding carboxylic acids is 1. The van der Waals surface area contributed by atoms with Crippen molar-refractivity contribution in [2.24, 2.45) is 5.73 Å². The van der Waals surface area contributed by atoms with Crippen molar-refractivity contribution < 1.29 is 15.0 Å². The standard InChI is InChI=1S/C16H24N2O3/c17-14(10-12-4-6-13(20)7-5-12)15(21)18-16(11-19)8-2-1-3-9-16/h4-7,14,19-20H,1-3,8-11,17H2,(H,18,21). The second-order valence-electron chi connectivity index (χ2n) is 5.97. The number of amides is 1. The largest absolute Gasteiger partial charge is 0.508 e. The number of hydrogen-bond donors (Lipinski definition) is 4. The molecule has 1 aromatic rings. The number of benzene rings is 1. The third-order valence-corrected chi connectivity index (χ3v) is 4.23. The van der Waals surface area contributed by atoms with E-state index in [-0.39, 0.29) is 18.3 Å². The SMILES string of the molecule is NC(Cc1ccc(O)cc1)C(=O)NC1(CO)CCCCC1. The molecule has 1 atom stereocenters. The average molecular weight is 292 g/mol. The maximum atomic E-state index is 12.3. The Kier molecular flexibility index (Phi) is 5.20. The van der Waals surface area contributed by atoms with Crippen LogP contribution in [0.25, 0.3) is 0 Å². The van der Waals surface area contributed by atoms with Crippen molar-refractivity contribution in [1.29, 1.82) is 0 Å². The van der Waals surface area contributed by atoms with E-state index in [1.807, 2.05) is 0 Å². The third kappa shape index (κ3) is 4.19. The van der Waals surface area contributed by atoms with Crippen LogP contribution in [0.3, 0.4) is 0 Å². The zero-order valence-electron chi connectivity index (χ0n) is 12.2. The first-order chi connectivity index (χ1) is 10.0. The van der Waals surface area contributed by atoms with Gasteiger partial charge in [-0.3, -0.25) is 4.79 Å². The molecule has 0 saturated heterocycles. The summed E-state index contributed by atoms with van der Waals surface area (Å²) < 4.78 is 0. The van der Waals surface area contributed by atoms with Crippen molar-refractivity contribution in [1.82, 2.24) is 5.32 Å². The Bertz CT molecular complexity index is 467. The highest BCUT2D eigenvalue weighted by molar-refractivity contribution is 5.82. The number of hydrogen-bond acceptors (Lipinski definition) is 4. The molecule has 1 unspecified atom stereocenters. The molecular weight excluding hydrogens is 268 g/mol. The molecule has 116 valence electrons. The number of rotatable bonds is 5. The van der Waals surface area contributed by atoms with E-state index in [2.05, 4.69) is 5.32 Å². The first-order valence-electron chi connectivity index (χ1n) is 7.51. The van der Waals surface area contributed by atoms with Crippen LogP contribution in [0.2, 0.25) is 0 Å². The fourth-order valence-electron chi connectivity index (χ4n) is 2.88. The summed E-state index contributed by atoms with van der Waals surface area (Å²) in [5.41, 5.74) is 6.36. The fourth-order valence-corrected chi connectivity index (χ4v) is 2.88. The molecule has 1 aliphatic rings. The molecule has 1 aromatic carbocycles. The second kappa shape index (κ2) is 6.91. The number of nitrogens with one attached hydrogen (secondary N) is 1. The minimum absolute atomic E-state index is 0.0370. The molecule has 1 fully saturated rings. The lowest BCUT2D eigenvalue weighted by Gasteiger charge is -2.37. The summed E-state index contributed by atoms with van der Waals surface area (Å²) in [6.45, 7) is -0.0370. The Morgan fingerprint density at radius 2 is 1.86 bits per heavy atom. The summed E-state index contributed by atoms with van der Waals surface area (Å²) in [7, 11) is 0. The summed E-state index contributed by atoms with van der Waals surface area (Å²) in [5, 5.41) is 21.8. The highest BCUT2D eigenvalue weighted by atomic mass is 16.3. The van der Waals surface area contributed by atoms with Crippen LogP contribution < -0.4 is 11.1 Å². The van der Waals surface area contributed by atoms with E-state index >= 15 is 0 Å². The molecule has 0 aromatic heterocycles. The van der Waals surface area contributed by atoms with Crippen LogP contribution in [0.1, 0.15) is 37.7 Å². The van der Waals surface area contributed by atoms with E-state index < -0.39 is 11.6 Å². The van der Waals surface area contributed by atoms with E-state index in [4.69, 9.17) is 5.73 Å². The molecule has 0 spiro atoms. The highest BCUT2D eigenvalue weighted by Gasteiger charge is 2.34. The molecule has 1 saturated carbocycles. The minimum Gasteiger partial charge on any atom is -0.508 e. The molecule has 0 bridgehead atoms. The lowest BCUT2D eigenvalue weighted by molar-refractivity contribution is -0.125. The molecule has 0 heterocycles. The van der Waals surface area contributed by atoms with E-state index in [1.165, 1.54) is 0 Å². The monoisotopic (exact) mass is 292 g/mol. The van der Waals surface area contributed by atoms with Crippen molar-refractivity contribution in [3.05, 3.63) is 29.8 Å². The van der Waals surface area contributed by atoms with Crippen molar-refractivity contribution in [3.8, 4) is 5.75 Å². The highest BCUT2D eigenvalue weighted by Crippen LogP contribution is 2.27. The minimum atomic E-state index is -0.653. The Morgan fingerprint density at radius 1 is 1.24 bits per heavy atom. The van der Waals surface area contributed by atoms with Crippen LogP contribution in [0.15, 0.2) is 24.3 Å². The number of nitrogens with two attached hydrogens (primary N) is 1. The van der Waals surface area contributed by atoms with Gasteiger partial charge in [0.25, 0.3) is 0 Å². The predicted molar refractivity (Wildman–Crippen MR) is 80.8 cm³/mol. The Morgan fingerprint density at radius 3 is 2.43 bits per heavy atom. The van der Waals surface area contributed by atoms with E-state index in [0.717, 1.165) is 37.7 Å². The smallest absolute Gasteiger partial charge is 0.237 e. The molecule has 1 amide bonds. The zero-order valence-corrected chi connectivity index (χ0v) is 12.2. The van der Waals surface area contributed by atoms with Crippen molar-refractivity contribution in [2.75, 3.05) is 6.61 Å². The summed E-state index contributed by atoms with van der Waals surface area (Å²) in [5.74, 6) is -0.0303. The van der Waals surface area contributed by atoms with Gasteiger partial charge in [0.15, 0.2) is 0 Å². The summed E-state index contributed by atoms with van der Waals surface area (Å²) in [6.07, 6.45) is 5.22. The van der Waals surface area contributed by atoms with Gasteiger partial charge in [-0.2, -0.15) is 0 Å². The Hall–Kier alpha value is -1.59. The van der Waals surface area contributed by atoms with Crippen LogP contribution in [0.4, 0.5) is 0 Å². The Labute approximate surface area is 125 Å². The van der Waals surface area contributed by atoms with Crippen LogP contribution in [0.5, 0.6) is 5.75 Å². The van der Waals surface area contributed by atoms with Gasteiger partial charge in [-0.15, -0.1) is 0 Å².